The molecule has 1 aromatic carbocycles. The first-order valence-corrected chi connectivity index (χ1v) is 13.1. The number of rotatable bonds is 6. The zero-order chi connectivity index (χ0) is 27.1. The molecule has 5 heterocycles. The topological polar surface area (TPSA) is 102 Å². The van der Waals surface area contributed by atoms with Crippen LogP contribution in [0, 0.1) is 18.7 Å². The molecule has 6 rings (SSSR count). The summed E-state index contributed by atoms with van der Waals surface area (Å²) in [5, 5.41) is 0.719. The van der Waals surface area contributed by atoms with Crippen molar-refractivity contribution in [2.75, 3.05) is 36.8 Å². The molecular formula is C29H30FN7O2. The maximum Gasteiger partial charge on any atom is 0.245 e. The number of likely N-dealkylation sites (tertiary alicyclic amines) is 1. The van der Waals surface area contributed by atoms with Gasteiger partial charge in [0.15, 0.2) is 11.6 Å². The molecule has 0 saturated carbocycles. The normalized spacial score (nSPS) is 15.5. The van der Waals surface area contributed by atoms with Crippen molar-refractivity contribution in [2.24, 2.45) is 5.92 Å². The van der Waals surface area contributed by atoms with E-state index in [0.29, 0.717) is 23.2 Å². The molecule has 1 saturated heterocycles. The van der Waals surface area contributed by atoms with Crippen LogP contribution in [0.2, 0.25) is 0 Å². The van der Waals surface area contributed by atoms with Gasteiger partial charge in [0.05, 0.1) is 5.39 Å². The van der Waals surface area contributed by atoms with Gasteiger partial charge in [0, 0.05) is 50.0 Å². The van der Waals surface area contributed by atoms with Gasteiger partial charge in [-0.3, -0.25) is 4.79 Å². The fourth-order valence-corrected chi connectivity index (χ4v) is 5.70. The zero-order valence-electron chi connectivity index (χ0n) is 21.8. The van der Waals surface area contributed by atoms with E-state index in [1.807, 2.05) is 30.0 Å². The quantitative estimate of drug-likeness (QED) is 0.367. The molecule has 0 bridgehead atoms. The first-order chi connectivity index (χ1) is 18.9. The number of aryl methyl sites for hydroxylation is 1. The van der Waals surface area contributed by atoms with Crippen LogP contribution >= 0.6 is 0 Å². The molecule has 2 N–H and O–H groups in total. The lowest BCUT2D eigenvalue weighted by molar-refractivity contribution is -0.127. The van der Waals surface area contributed by atoms with Gasteiger partial charge in [0.1, 0.15) is 23.6 Å². The highest BCUT2D eigenvalue weighted by atomic mass is 19.1. The van der Waals surface area contributed by atoms with E-state index in [-0.39, 0.29) is 11.7 Å². The van der Waals surface area contributed by atoms with Crippen LogP contribution in [0.3, 0.4) is 0 Å². The number of pyridine rings is 1. The van der Waals surface area contributed by atoms with E-state index in [2.05, 4.69) is 31.0 Å². The molecule has 0 radical (unpaired) electrons. The monoisotopic (exact) mass is 527 g/mol. The van der Waals surface area contributed by atoms with E-state index in [1.165, 1.54) is 18.5 Å². The Balaban J connectivity index is 1.34. The fourth-order valence-electron chi connectivity index (χ4n) is 5.70. The summed E-state index contributed by atoms with van der Waals surface area (Å²) < 4.78 is 23.3. The number of fused-ring (bicyclic) bond motifs is 3. The lowest BCUT2D eigenvalue weighted by Crippen LogP contribution is -2.40. The van der Waals surface area contributed by atoms with Crippen molar-refractivity contribution in [1.29, 1.82) is 0 Å². The number of hydrogen-bond donors (Lipinski definition) is 1. The molecule has 2 aliphatic rings. The molecule has 0 atom stereocenters. The Morgan fingerprint density at radius 1 is 1.18 bits per heavy atom. The summed E-state index contributed by atoms with van der Waals surface area (Å²) in [5.74, 6) is 1.67. The summed E-state index contributed by atoms with van der Waals surface area (Å²) in [5.41, 5.74) is 9.39. The Morgan fingerprint density at radius 3 is 2.74 bits per heavy atom. The van der Waals surface area contributed by atoms with Crippen LogP contribution in [0.5, 0.6) is 11.6 Å². The fraction of sp³-hybridized carbons (Fsp3) is 0.310. The predicted molar refractivity (Wildman–Crippen MR) is 148 cm³/mol. The van der Waals surface area contributed by atoms with Crippen molar-refractivity contribution in [2.45, 2.75) is 26.3 Å². The van der Waals surface area contributed by atoms with Crippen LogP contribution in [0.25, 0.3) is 22.2 Å². The Hall–Kier alpha value is -4.47. The first-order valence-electron chi connectivity index (χ1n) is 13.1. The maximum atomic E-state index is 15.4. The third-order valence-corrected chi connectivity index (χ3v) is 7.61. The van der Waals surface area contributed by atoms with Crippen molar-refractivity contribution < 1.29 is 13.9 Å². The molecule has 10 heteroatoms. The highest BCUT2D eigenvalue weighted by Gasteiger charge is 2.33. The minimum atomic E-state index is -0.497. The van der Waals surface area contributed by atoms with Gasteiger partial charge in [-0.05, 0) is 55.5 Å². The average Bonchev–Trinajstić information content (AvgIpc) is 3.49. The second-order valence-electron chi connectivity index (χ2n) is 10.1. The number of halogens is 1. The minimum Gasteiger partial charge on any atom is -0.436 e. The molecule has 1 amide bonds. The van der Waals surface area contributed by atoms with Crippen LogP contribution in [0.15, 0.2) is 55.4 Å². The van der Waals surface area contributed by atoms with E-state index in [0.717, 1.165) is 73.7 Å². The Bertz CT molecular complexity index is 1580. The molecule has 39 heavy (non-hydrogen) atoms. The van der Waals surface area contributed by atoms with Crippen LogP contribution in [-0.2, 0) is 11.3 Å². The minimum absolute atomic E-state index is 0.0151. The van der Waals surface area contributed by atoms with Crippen LogP contribution in [-0.4, -0.2) is 56.5 Å². The summed E-state index contributed by atoms with van der Waals surface area (Å²) in [6, 6.07) is 10.3. The number of anilines is 2. The summed E-state index contributed by atoms with van der Waals surface area (Å²) in [6.07, 6.45) is 4.68. The predicted octanol–water partition coefficient (Wildman–Crippen LogP) is 4.56. The SMILES string of the molecule is C=CC(=O)N1CCC(CN2CCn3c2c(-c2ccc(Oc4cccc(C)n4)c(F)c2)c2c(N)ncnc23)CC1. The number of hydrogen-bond acceptors (Lipinski definition) is 7. The Morgan fingerprint density at radius 2 is 2.00 bits per heavy atom. The highest BCUT2D eigenvalue weighted by Crippen LogP contribution is 2.45. The van der Waals surface area contributed by atoms with Gasteiger partial charge in [-0.15, -0.1) is 0 Å². The number of aromatic nitrogens is 4. The number of nitrogens with zero attached hydrogens (tertiary/aromatic N) is 6. The van der Waals surface area contributed by atoms with Gasteiger partial charge >= 0.3 is 0 Å². The van der Waals surface area contributed by atoms with Crippen LogP contribution in [0.1, 0.15) is 18.5 Å². The molecule has 0 spiro atoms. The first kappa shape index (κ1) is 24.8. The van der Waals surface area contributed by atoms with E-state index in [9.17, 15) is 4.79 Å². The lowest BCUT2D eigenvalue weighted by Gasteiger charge is -2.34. The maximum absolute atomic E-state index is 15.4. The smallest absolute Gasteiger partial charge is 0.245 e. The van der Waals surface area contributed by atoms with E-state index in [1.54, 1.807) is 12.1 Å². The van der Waals surface area contributed by atoms with Gasteiger partial charge < -0.3 is 24.8 Å². The zero-order valence-corrected chi connectivity index (χ0v) is 21.8. The number of ether oxygens (including phenoxy) is 1. The molecule has 4 aromatic rings. The van der Waals surface area contributed by atoms with Gasteiger partial charge in [-0.25, -0.2) is 19.3 Å². The molecule has 0 unspecified atom stereocenters. The van der Waals surface area contributed by atoms with Gasteiger partial charge in [-0.1, -0.05) is 18.7 Å². The second kappa shape index (κ2) is 10.0. The summed E-state index contributed by atoms with van der Waals surface area (Å²) in [6.45, 7) is 9.30. The van der Waals surface area contributed by atoms with Gasteiger partial charge in [0.25, 0.3) is 0 Å². The van der Waals surface area contributed by atoms with Crippen molar-refractivity contribution in [3.63, 3.8) is 0 Å². The summed E-state index contributed by atoms with van der Waals surface area (Å²) >= 11 is 0. The molecule has 1 fully saturated rings. The van der Waals surface area contributed by atoms with E-state index >= 15 is 4.39 Å². The highest BCUT2D eigenvalue weighted by molar-refractivity contribution is 6.07. The summed E-state index contributed by atoms with van der Waals surface area (Å²) in [7, 11) is 0. The molecular weight excluding hydrogens is 497 g/mol. The van der Waals surface area contributed by atoms with Gasteiger partial charge in [-0.2, -0.15) is 0 Å². The van der Waals surface area contributed by atoms with Gasteiger partial charge in [0.2, 0.25) is 11.8 Å². The number of carbonyl (C=O) groups is 1. The number of nitrogen functional groups attached to an aromatic ring is 1. The van der Waals surface area contributed by atoms with Crippen molar-refractivity contribution in [3.8, 4) is 22.8 Å². The van der Waals surface area contributed by atoms with E-state index in [4.69, 9.17) is 10.5 Å². The van der Waals surface area contributed by atoms with E-state index < -0.39 is 5.82 Å². The number of nitrogens with two attached hydrogens (primary N) is 1. The lowest BCUT2D eigenvalue weighted by atomic mass is 9.95. The molecule has 200 valence electrons. The second-order valence-corrected chi connectivity index (χ2v) is 10.1. The standard InChI is InChI=1S/C29H30FN7O2/c1-3-24(38)35-11-9-19(10-12-35)16-36-13-14-37-28-26(27(31)32-17-33-28)25(29(36)37)20-7-8-22(21(30)15-20)39-23-6-4-5-18(2)34-23/h3-8,15,17,19H,1,9-14,16H2,2H3,(H2,31,32,33). The number of piperidine rings is 1. The third kappa shape index (κ3) is 4.56. The number of benzene rings is 1. The summed E-state index contributed by atoms with van der Waals surface area (Å²) in [4.78, 5) is 29.3. The average molecular weight is 528 g/mol. The Kier molecular flexibility index (Phi) is 6.38. The molecule has 0 aliphatic carbocycles. The number of carbonyl (C=O) groups excluding carboxylic acids is 1. The van der Waals surface area contributed by atoms with Crippen molar-refractivity contribution in [1.82, 2.24) is 24.4 Å². The molecule has 9 nitrogen and oxygen atoms in total. The third-order valence-electron chi connectivity index (χ3n) is 7.61. The van der Waals surface area contributed by atoms with Crippen molar-refractivity contribution in [3.05, 3.63) is 66.9 Å². The largest absolute Gasteiger partial charge is 0.436 e. The molecule has 2 aliphatic heterocycles. The number of amides is 1. The Labute approximate surface area is 225 Å². The van der Waals surface area contributed by atoms with Crippen LogP contribution < -0.4 is 15.4 Å². The van der Waals surface area contributed by atoms with Crippen molar-refractivity contribution >= 4 is 28.6 Å². The van der Waals surface area contributed by atoms with Crippen LogP contribution in [0.4, 0.5) is 16.0 Å². The molecule has 3 aromatic heterocycles.